The van der Waals surface area contributed by atoms with Gasteiger partial charge in [-0.2, -0.15) is 12.6 Å². The van der Waals surface area contributed by atoms with Gasteiger partial charge >= 0.3 is 0 Å². The van der Waals surface area contributed by atoms with Gasteiger partial charge in [0, 0.05) is 40.8 Å². The molecule has 3 fully saturated rings. The van der Waals surface area contributed by atoms with Crippen LogP contribution in [0, 0.1) is 0 Å². The zero-order valence-corrected chi connectivity index (χ0v) is 40.5. The monoisotopic (exact) mass is 1060 g/mol. The average Bonchev–Trinajstić information content (AvgIpc) is 3.32. The number of carbonyl (C=O) groups is 8. The van der Waals surface area contributed by atoms with Crippen molar-refractivity contribution in [3.05, 3.63) is 0 Å². The molecule has 3 aliphatic rings. The Kier molecular flexibility index (Phi) is 25.8. The standard InChI is InChI=1S/C40H68N8O23S/c1-15(52)43-20(12-67-39-27(45-17(3)54)33(61)30(58)23(9-50)70-39)36(64)48-21(13-68-40-28(46-18(4)55)34(62)31(59)24(10-51)71-40)37(65)47-19(35(63)42-7-5-6-41-25(56)14-72)11-66-38-26(44-16(2)53)32(60)29(57)22(8-49)69-38/h19-24,26-34,38-40,49-51,57-62,72H,5-14H2,1-4H3,(H,41,56)(H,42,63)(H,43,52)(H,44,53)(H,45,54)(H,46,55)(H,47,65)(H,48,64)/t19-,20-,21-,22+,23+,24+,26+,27+,28+,29-,30-,31-,32+,33+,34+,38-,39-,40-/m0/s1. The van der Waals surface area contributed by atoms with Gasteiger partial charge in [0.2, 0.25) is 47.3 Å². The Labute approximate surface area is 417 Å². The SMILES string of the molecule is CC(=O)N[C@H]1[C@@H](OC[C@H](NC(C)=O)C(=O)N[C@@H](CO[C@H]2O[C@H](CO)[C@H](O)[C@H](O)[C@H]2NC(C)=O)C(=O)N[C@@H](CO[C@H]2O[C@H](CO)[C@H](O)[C@H](O)[C@H]2NC(C)=O)C(=O)NCCCNC(=O)CS)O[C@H](CO)[C@H](O)[C@@H]1O. The third-order valence-electron chi connectivity index (χ3n) is 11.1. The van der Waals surface area contributed by atoms with Crippen molar-refractivity contribution in [2.75, 3.05) is 58.5 Å². The van der Waals surface area contributed by atoms with Crippen LogP contribution in [0.2, 0.25) is 0 Å². The summed E-state index contributed by atoms with van der Waals surface area (Å²) in [7, 11) is 0. The van der Waals surface area contributed by atoms with Gasteiger partial charge in [-0.1, -0.05) is 0 Å². The highest BCUT2D eigenvalue weighted by molar-refractivity contribution is 7.81. The number of thiol groups is 1. The van der Waals surface area contributed by atoms with Crippen molar-refractivity contribution in [3.63, 3.8) is 0 Å². The van der Waals surface area contributed by atoms with Gasteiger partial charge in [-0.05, 0) is 6.42 Å². The van der Waals surface area contributed by atoms with E-state index in [0.717, 1.165) is 27.7 Å². The fourth-order valence-corrected chi connectivity index (χ4v) is 7.57. The molecular formula is C40H68N8O23S. The van der Waals surface area contributed by atoms with E-state index in [1.807, 2.05) is 0 Å². The topological polar surface area (TPSA) is 470 Å². The summed E-state index contributed by atoms with van der Waals surface area (Å²) in [6.07, 6.45) is -20.1. The van der Waals surface area contributed by atoms with Crippen LogP contribution in [0.4, 0.5) is 0 Å². The summed E-state index contributed by atoms with van der Waals surface area (Å²) in [5, 5.41) is 112. The summed E-state index contributed by atoms with van der Waals surface area (Å²) in [5.41, 5.74) is 0. The number of aliphatic hydroxyl groups excluding tert-OH is 9. The van der Waals surface area contributed by atoms with Gasteiger partial charge in [-0.3, -0.25) is 38.4 Å². The number of nitrogens with one attached hydrogen (secondary N) is 8. The van der Waals surface area contributed by atoms with Crippen LogP contribution in [0.5, 0.6) is 0 Å². The second kappa shape index (κ2) is 30.0. The summed E-state index contributed by atoms with van der Waals surface area (Å²) in [5.74, 6) is -7.07. The maximum atomic E-state index is 14.4. The lowest BCUT2D eigenvalue weighted by atomic mass is 9.97. The van der Waals surface area contributed by atoms with E-state index in [-0.39, 0.29) is 25.3 Å². The number of hydrogen-bond donors (Lipinski definition) is 18. The number of amides is 8. The Balaban J connectivity index is 2.02. The predicted molar refractivity (Wildman–Crippen MR) is 240 cm³/mol. The molecule has 0 unspecified atom stereocenters. The maximum Gasteiger partial charge on any atom is 0.245 e. The molecule has 32 heteroatoms. The van der Waals surface area contributed by atoms with Crippen LogP contribution >= 0.6 is 12.6 Å². The van der Waals surface area contributed by atoms with Crippen molar-refractivity contribution in [1.82, 2.24) is 42.5 Å². The van der Waals surface area contributed by atoms with E-state index in [0.29, 0.717) is 0 Å². The lowest BCUT2D eigenvalue weighted by Gasteiger charge is -2.42. The number of hydrogen-bond acceptors (Lipinski definition) is 24. The normalized spacial score (nSPS) is 31.6. The Bertz CT molecular complexity index is 1830. The van der Waals surface area contributed by atoms with Gasteiger partial charge in [-0.15, -0.1) is 0 Å². The molecule has 17 N–H and O–H groups in total. The van der Waals surface area contributed by atoms with Crippen LogP contribution in [0.1, 0.15) is 34.1 Å². The van der Waals surface area contributed by atoms with E-state index in [9.17, 15) is 84.3 Å². The Morgan fingerprint density at radius 2 is 0.792 bits per heavy atom. The Morgan fingerprint density at radius 1 is 0.472 bits per heavy atom. The summed E-state index contributed by atoms with van der Waals surface area (Å²) < 4.78 is 34.0. The number of rotatable bonds is 26. The lowest BCUT2D eigenvalue weighted by molar-refractivity contribution is -0.271. The van der Waals surface area contributed by atoms with Crippen molar-refractivity contribution < 1.29 is 113 Å². The fourth-order valence-electron chi connectivity index (χ4n) is 7.46. The van der Waals surface area contributed by atoms with Gasteiger partial charge in [0.25, 0.3) is 0 Å². The largest absolute Gasteiger partial charge is 0.394 e. The van der Waals surface area contributed by atoms with E-state index in [4.69, 9.17) is 28.4 Å². The molecule has 3 heterocycles. The van der Waals surface area contributed by atoms with Gasteiger partial charge in [0.05, 0.1) is 45.4 Å². The van der Waals surface area contributed by atoms with Crippen LogP contribution in [-0.4, -0.2) is 262 Å². The third kappa shape index (κ3) is 18.2. The zero-order valence-electron chi connectivity index (χ0n) is 39.7. The highest BCUT2D eigenvalue weighted by Crippen LogP contribution is 2.25. The Hall–Kier alpha value is -4.49. The lowest BCUT2D eigenvalue weighted by Crippen LogP contribution is -2.66. The van der Waals surface area contributed by atoms with Gasteiger partial charge in [0.1, 0.15) is 91.2 Å². The van der Waals surface area contributed by atoms with Crippen LogP contribution in [0.15, 0.2) is 0 Å². The summed E-state index contributed by atoms with van der Waals surface area (Å²) in [6, 6.07) is -10.2. The second-order valence-corrected chi connectivity index (χ2v) is 17.1. The molecule has 3 rings (SSSR count). The fraction of sp³-hybridized carbons (Fsp3) is 0.800. The molecule has 0 radical (unpaired) electrons. The van der Waals surface area contributed by atoms with Crippen LogP contribution < -0.4 is 42.5 Å². The first-order chi connectivity index (χ1) is 34.0. The summed E-state index contributed by atoms with van der Waals surface area (Å²) >= 11 is 3.88. The first-order valence-electron chi connectivity index (χ1n) is 22.5. The van der Waals surface area contributed by atoms with Gasteiger partial charge in [0.15, 0.2) is 18.9 Å². The highest BCUT2D eigenvalue weighted by atomic mass is 32.1. The number of aliphatic hydroxyl groups is 9. The smallest absolute Gasteiger partial charge is 0.245 e. The quantitative estimate of drug-likeness (QED) is 0.0282. The second-order valence-electron chi connectivity index (χ2n) is 16.8. The molecule has 0 aromatic heterocycles. The molecule has 8 amide bonds. The third-order valence-corrected chi connectivity index (χ3v) is 11.4. The number of ether oxygens (including phenoxy) is 6. The summed E-state index contributed by atoms with van der Waals surface area (Å²) in [4.78, 5) is 103. The van der Waals surface area contributed by atoms with Crippen molar-refractivity contribution in [2.24, 2.45) is 0 Å². The van der Waals surface area contributed by atoms with Crippen molar-refractivity contribution in [3.8, 4) is 0 Å². The van der Waals surface area contributed by atoms with Crippen LogP contribution in [0.3, 0.4) is 0 Å². The minimum atomic E-state index is -2.00. The van der Waals surface area contributed by atoms with E-state index >= 15 is 0 Å². The zero-order chi connectivity index (χ0) is 54.0. The summed E-state index contributed by atoms with van der Waals surface area (Å²) in [6.45, 7) is -1.15. The molecule has 0 aliphatic carbocycles. The molecule has 72 heavy (non-hydrogen) atoms. The highest BCUT2D eigenvalue weighted by Gasteiger charge is 2.49. The molecular weight excluding hydrogens is 993 g/mol. The molecule has 0 aromatic carbocycles. The minimum absolute atomic E-state index is 0.0752. The average molecular weight is 1060 g/mol. The van der Waals surface area contributed by atoms with Crippen molar-refractivity contribution in [1.29, 1.82) is 0 Å². The molecule has 3 aliphatic heterocycles. The van der Waals surface area contributed by atoms with E-state index in [2.05, 4.69) is 55.2 Å². The molecule has 0 bridgehead atoms. The van der Waals surface area contributed by atoms with E-state index in [1.54, 1.807) is 0 Å². The number of carbonyl (C=O) groups excluding carboxylic acids is 8. The van der Waals surface area contributed by atoms with Crippen molar-refractivity contribution >= 4 is 59.9 Å². The Morgan fingerprint density at radius 3 is 1.10 bits per heavy atom. The van der Waals surface area contributed by atoms with Crippen molar-refractivity contribution in [2.45, 2.75) is 144 Å². The molecule has 0 spiro atoms. The van der Waals surface area contributed by atoms with Gasteiger partial charge < -0.3 is 117 Å². The molecule has 0 saturated carbocycles. The molecule has 18 atom stereocenters. The predicted octanol–water partition coefficient (Wildman–Crippen LogP) is -11.1. The first kappa shape index (κ1) is 61.8. The van der Waals surface area contributed by atoms with Crippen LogP contribution in [0.25, 0.3) is 0 Å². The minimum Gasteiger partial charge on any atom is -0.394 e. The van der Waals surface area contributed by atoms with E-state index in [1.165, 1.54) is 0 Å². The van der Waals surface area contributed by atoms with Crippen LogP contribution in [-0.2, 0) is 66.8 Å². The van der Waals surface area contributed by atoms with E-state index < -0.39 is 197 Å². The molecule has 31 nitrogen and oxygen atoms in total. The molecule has 0 aromatic rings. The maximum absolute atomic E-state index is 14.4. The molecule has 3 saturated heterocycles. The van der Waals surface area contributed by atoms with Gasteiger partial charge in [-0.25, -0.2) is 0 Å². The first-order valence-corrected chi connectivity index (χ1v) is 23.2. The molecule has 412 valence electrons.